The Morgan fingerprint density at radius 1 is 1.26 bits per heavy atom. The molecule has 0 saturated heterocycles. The van der Waals surface area contributed by atoms with E-state index in [4.69, 9.17) is 4.52 Å². The Labute approximate surface area is 112 Å². The molecule has 4 heteroatoms. The molecule has 1 N–H and O–H groups in total. The number of carbonyl (C=O) groups is 1. The maximum atomic E-state index is 11.4. The molecule has 0 atom stereocenters. The highest BCUT2D eigenvalue weighted by atomic mass is 16.5. The number of hydrogen-bond acceptors (Lipinski definition) is 3. The molecule has 1 aromatic carbocycles. The maximum absolute atomic E-state index is 11.4. The van der Waals surface area contributed by atoms with Crippen LogP contribution < -0.4 is 0 Å². The molecule has 100 valence electrons. The van der Waals surface area contributed by atoms with Gasteiger partial charge in [-0.25, -0.2) is 4.79 Å². The van der Waals surface area contributed by atoms with Crippen LogP contribution in [0.15, 0.2) is 22.7 Å². The first-order chi connectivity index (χ1) is 8.91. The molecular weight excluding hydrogens is 242 g/mol. The highest BCUT2D eigenvalue weighted by molar-refractivity contribution is 5.96. The third kappa shape index (κ3) is 2.38. The zero-order valence-electron chi connectivity index (χ0n) is 11.5. The quantitative estimate of drug-likeness (QED) is 0.911. The van der Waals surface area contributed by atoms with Gasteiger partial charge in [-0.3, -0.25) is 0 Å². The molecule has 19 heavy (non-hydrogen) atoms. The van der Waals surface area contributed by atoms with Crippen LogP contribution in [0.25, 0.3) is 11.3 Å². The van der Waals surface area contributed by atoms with Crippen molar-refractivity contribution in [1.82, 2.24) is 5.16 Å². The molecule has 0 spiro atoms. The fourth-order valence-electron chi connectivity index (χ4n) is 1.99. The lowest BCUT2D eigenvalue weighted by Crippen LogP contribution is -2.02. The first-order valence-electron chi connectivity index (χ1n) is 6.22. The number of nitrogens with zero attached hydrogens (tertiary/aromatic N) is 1. The number of aryl methyl sites for hydroxylation is 2. The summed E-state index contributed by atoms with van der Waals surface area (Å²) in [4.78, 5) is 11.4. The van der Waals surface area contributed by atoms with E-state index in [1.54, 1.807) is 0 Å². The molecule has 0 fully saturated rings. The van der Waals surface area contributed by atoms with Crippen molar-refractivity contribution in [3.8, 4) is 11.3 Å². The van der Waals surface area contributed by atoms with Crippen molar-refractivity contribution >= 4 is 5.97 Å². The van der Waals surface area contributed by atoms with Gasteiger partial charge in [-0.2, -0.15) is 0 Å². The molecule has 2 rings (SSSR count). The van der Waals surface area contributed by atoms with Crippen molar-refractivity contribution in [1.29, 1.82) is 0 Å². The summed E-state index contributed by atoms with van der Waals surface area (Å²) in [7, 11) is 0. The van der Waals surface area contributed by atoms with E-state index in [-0.39, 0.29) is 11.5 Å². The third-order valence-corrected chi connectivity index (χ3v) is 3.24. The normalized spacial score (nSPS) is 11.0. The number of carboxylic acids is 1. The Kier molecular flexibility index (Phi) is 3.42. The minimum atomic E-state index is -1.00. The van der Waals surface area contributed by atoms with Crippen LogP contribution in [0.2, 0.25) is 0 Å². The van der Waals surface area contributed by atoms with E-state index < -0.39 is 5.97 Å². The monoisotopic (exact) mass is 259 g/mol. The second-order valence-corrected chi connectivity index (χ2v) is 5.03. The smallest absolute Gasteiger partial charge is 0.341 e. The van der Waals surface area contributed by atoms with Gasteiger partial charge in [-0.05, 0) is 31.0 Å². The largest absolute Gasteiger partial charge is 0.477 e. The lowest BCUT2D eigenvalue weighted by Gasteiger charge is -2.04. The fraction of sp³-hybridized carbons (Fsp3) is 0.333. The summed E-state index contributed by atoms with van der Waals surface area (Å²) >= 11 is 0. The zero-order chi connectivity index (χ0) is 14.2. The Bertz CT molecular complexity index is 626. The molecule has 0 aliphatic heterocycles. The summed E-state index contributed by atoms with van der Waals surface area (Å²) < 4.78 is 5.21. The number of hydrogen-bond donors (Lipinski definition) is 1. The Morgan fingerprint density at radius 3 is 2.47 bits per heavy atom. The molecule has 0 saturated carbocycles. The predicted octanol–water partition coefficient (Wildman–Crippen LogP) is 3.78. The molecule has 1 aromatic heterocycles. The Hall–Kier alpha value is -2.10. The van der Waals surface area contributed by atoms with Crippen LogP contribution in [-0.2, 0) is 0 Å². The van der Waals surface area contributed by atoms with Crippen molar-refractivity contribution in [2.75, 3.05) is 0 Å². The van der Waals surface area contributed by atoms with E-state index in [0.717, 1.165) is 16.7 Å². The molecule has 2 aromatic rings. The van der Waals surface area contributed by atoms with Crippen molar-refractivity contribution in [3.05, 3.63) is 40.6 Å². The molecule has 0 unspecified atom stereocenters. The summed E-state index contributed by atoms with van der Waals surface area (Å²) in [6.07, 6.45) is 0. The standard InChI is InChI=1S/C15H17NO3/c1-8(2)14-12(15(17)18)13(16-19-14)11-6-5-9(3)10(4)7-11/h5-8H,1-4H3,(H,17,18). The highest BCUT2D eigenvalue weighted by Crippen LogP contribution is 2.30. The number of rotatable bonds is 3. The first-order valence-corrected chi connectivity index (χ1v) is 6.22. The van der Waals surface area contributed by atoms with Gasteiger partial charge in [-0.1, -0.05) is 31.1 Å². The van der Waals surface area contributed by atoms with E-state index in [1.165, 1.54) is 0 Å². The average molecular weight is 259 g/mol. The van der Waals surface area contributed by atoms with Gasteiger partial charge in [0.05, 0.1) is 0 Å². The maximum Gasteiger partial charge on any atom is 0.341 e. The summed E-state index contributed by atoms with van der Waals surface area (Å²) in [5.41, 5.74) is 3.60. The molecule has 0 bridgehead atoms. The third-order valence-electron chi connectivity index (χ3n) is 3.24. The van der Waals surface area contributed by atoms with Crippen LogP contribution in [0.3, 0.4) is 0 Å². The highest BCUT2D eigenvalue weighted by Gasteiger charge is 2.25. The summed E-state index contributed by atoms with van der Waals surface area (Å²) in [6.45, 7) is 7.77. The van der Waals surface area contributed by atoms with Crippen molar-refractivity contribution < 1.29 is 14.4 Å². The second-order valence-electron chi connectivity index (χ2n) is 5.03. The van der Waals surface area contributed by atoms with Crippen molar-refractivity contribution in [2.45, 2.75) is 33.6 Å². The number of carboxylic acid groups (broad SMARTS) is 1. The first kappa shape index (κ1) is 13.3. The van der Waals surface area contributed by atoms with Crippen LogP contribution in [0.4, 0.5) is 0 Å². The predicted molar refractivity (Wildman–Crippen MR) is 72.5 cm³/mol. The fourth-order valence-corrected chi connectivity index (χ4v) is 1.99. The molecule has 0 radical (unpaired) electrons. The lowest BCUT2D eigenvalue weighted by atomic mass is 9.98. The second kappa shape index (κ2) is 4.88. The molecule has 1 heterocycles. The molecule has 0 amide bonds. The molecule has 4 nitrogen and oxygen atoms in total. The van der Waals surface area contributed by atoms with Gasteiger partial charge in [0.2, 0.25) is 0 Å². The number of aromatic nitrogens is 1. The lowest BCUT2D eigenvalue weighted by molar-refractivity contribution is 0.0694. The number of benzene rings is 1. The molecule has 0 aliphatic rings. The Morgan fingerprint density at radius 2 is 1.95 bits per heavy atom. The van der Waals surface area contributed by atoms with Crippen molar-refractivity contribution in [3.63, 3.8) is 0 Å². The van der Waals surface area contributed by atoms with E-state index in [0.29, 0.717) is 11.5 Å². The number of aromatic carboxylic acids is 1. The van der Waals surface area contributed by atoms with Gasteiger partial charge in [0.15, 0.2) is 5.76 Å². The summed E-state index contributed by atoms with van der Waals surface area (Å²) in [5, 5.41) is 13.3. The minimum absolute atomic E-state index is 0.0149. The summed E-state index contributed by atoms with van der Waals surface area (Å²) in [6, 6.07) is 5.76. The van der Waals surface area contributed by atoms with Crippen LogP contribution in [-0.4, -0.2) is 16.2 Å². The van der Waals surface area contributed by atoms with Crippen LogP contribution in [0.5, 0.6) is 0 Å². The molecule has 0 aliphatic carbocycles. The van der Waals surface area contributed by atoms with Crippen molar-refractivity contribution in [2.24, 2.45) is 0 Å². The SMILES string of the molecule is Cc1ccc(-c2noc(C(C)C)c2C(=O)O)cc1C. The Balaban J connectivity index is 2.62. The molecular formula is C15H17NO3. The van der Waals surface area contributed by atoms with Gasteiger partial charge >= 0.3 is 5.97 Å². The van der Waals surface area contributed by atoms with E-state index in [2.05, 4.69) is 5.16 Å². The topological polar surface area (TPSA) is 63.3 Å². The van der Waals surface area contributed by atoms with E-state index >= 15 is 0 Å². The summed E-state index contributed by atoms with van der Waals surface area (Å²) in [5.74, 6) is -0.599. The van der Waals surface area contributed by atoms with E-state index in [1.807, 2.05) is 45.9 Å². The van der Waals surface area contributed by atoms with Gasteiger partial charge in [0.1, 0.15) is 11.3 Å². The van der Waals surface area contributed by atoms with Crippen LogP contribution in [0.1, 0.15) is 47.0 Å². The average Bonchev–Trinajstić information content (AvgIpc) is 2.77. The van der Waals surface area contributed by atoms with Gasteiger partial charge < -0.3 is 9.63 Å². The minimum Gasteiger partial charge on any atom is -0.477 e. The zero-order valence-corrected chi connectivity index (χ0v) is 11.5. The van der Waals surface area contributed by atoms with Crippen LogP contribution >= 0.6 is 0 Å². The van der Waals surface area contributed by atoms with Crippen LogP contribution in [0, 0.1) is 13.8 Å². The van der Waals surface area contributed by atoms with Gasteiger partial charge in [-0.15, -0.1) is 0 Å². The van der Waals surface area contributed by atoms with Gasteiger partial charge in [0.25, 0.3) is 0 Å². The van der Waals surface area contributed by atoms with E-state index in [9.17, 15) is 9.90 Å². The van der Waals surface area contributed by atoms with Gasteiger partial charge in [0, 0.05) is 11.5 Å².